The number of carbonyl (C=O) groups excluding carboxylic acids is 1. The minimum Gasteiger partial charge on any atom is -0.371 e. The highest BCUT2D eigenvalue weighted by atomic mass is 16.6. The molecule has 1 fully saturated rings. The summed E-state index contributed by atoms with van der Waals surface area (Å²) in [4.78, 5) is 25.6. The molecule has 0 radical (unpaired) electrons. The molecule has 130 valence electrons. The van der Waals surface area contributed by atoms with Gasteiger partial charge in [-0.15, -0.1) is 0 Å². The maximum Gasteiger partial charge on any atom is 0.285 e. The van der Waals surface area contributed by atoms with Gasteiger partial charge < -0.3 is 10.2 Å². The van der Waals surface area contributed by atoms with Crippen molar-refractivity contribution in [2.45, 2.75) is 25.8 Å². The van der Waals surface area contributed by atoms with E-state index in [1.807, 2.05) is 18.2 Å². The second kappa shape index (κ2) is 7.34. The molecule has 1 saturated heterocycles. The van der Waals surface area contributed by atoms with Crippen molar-refractivity contribution in [1.82, 2.24) is 5.32 Å². The van der Waals surface area contributed by atoms with Gasteiger partial charge in [-0.2, -0.15) is 0 Å². The molecule has 2 aromatic carbocycles. The zero-order valence-electron chi connectivity index (χ0n) is 14.1. The van der Waals surface area contributed by atoms with Gasteiger partial charge in [0.2, 0.25) is 0 Å². The summed E-state index contributed by atoms with van der Waals surface area (Å²) in [6.07, 6.45) is 1.64. The molecule has 1 N–H and O–H groups in total. The van der Waals surface area contributed by atoms with E-state index in [4.69, 9.17) is 0 Å². The first-order chi connectivity index (χ1) is 12.1. The summed E-state index contributed by atoms with van der Waals surface area (Å²) >= 11 is 0. The molecule has 0 atom stereocenters. The zero-order chi connectivity index (χ0) is 17.8. The largest absolute Gasteiger partial charge is 0.371 e. The minimum absolute atomic E-state index is 0.0348. The lowest BCUT2D eigenvalue weighted by Crippen LogP contribution is -2.44. The van der Waals surface area contributed by atoms with E-state index < -0.39 is 4.92 Å². The summed E-state index contributed by atoms with van der Waals surface area (Å²) in [7, 11) is 0. The smallest absolute Gasteiger partial charge is 0.285 e. The molecule has 1 amide bonds. The first-order valence-electron chi connectivity index (χ1n) is 8.41. The molecule has 0 aromatic heterocycles. The van der Waals surface area contributed by atoms with Gasteiger partial charge in [-0.25, -0.2) is 0 Å². The summed E-state index contributed by atoms with van der Waals surface area (Å²) in [6, 6.07) is 15.0. The molecule has 6 heteroatoms. The van der Waals surface area contributed by atoms with Crippen LogP contribution in [0, 0.1) is 17.0 Å². The molecule has 6 nitrogen and oxygen atoms in total. The number of aryl methyl sites for hydroxylation is 1. The van der Waals surface area contributed by atoms with Crippen LogP contribution in [0.3, 0.4) is 0 Å². The van der Waals surface area contributed by atoms with Crippen molar-refractivity contribution in [2.24, 2.45) is 0 Å². The van der Waals surface area contributed by atoms with E-state index in [1.165, 1.54) is 11.8 Å². The Labute approximate surface area is 146 Å². The van der Waals surface area contributed by atoms with Crippen LogP contribution in [-0.4, -0.2) is 30.0 Å². The fourth-order valence-corrected chi connectivity index (χ4v) is 3.27. The van der Waals surface area contributed by atoms with Gasteiger partial charge in [-0.3, -0.25) is 14.9 Å². The van der Waals surface area contributed by atoms with Crippen molar-refractivity contribution < 1.29 is 9.72 Å². The van der Waals surface area contributed by atoms with Gasteiger partial charge in [0.05, 0.1) is 4.92 Å². The third-order valence-electron chi connectivity index (χ3n) is 4.62. The summed E-state index contributed by atoms with van der Waals surface area (Å²) in [5.74, 6) is -0.367. The van der Waals surface area contributed by atoms with Gasteiger partial charge in [-0.05, 0) is 38.0 Å². The van der Waals surface area contributed by atoms with E-state index in [-0.39, 0.29) is 23.2 Å². The van der Waals surface area contributed by atoms with E-state index in [0.717, 1.165) is 25.9 Å². The minimum atomic E-state index is -0.484. The third kappa shape index (κ3) is 3.79. The quantitative estimate of drug-likeness (QED) is 0.685. The number of para-hydroxylation sites is 2. The average Bonchev–Trinajstić information content (AvgIpc) is 2.62. The average molecular weight is 339 g/mol. The molecule has 0 aliphatic carbocycles. The number of benzene rings is 2. The maximum atomic E-state index is 12.5. The highest BCUT2D eigenvalue weighted by Gasteiger charge is 2.26. The number of rotatable bonds is 4. The first-order valence-corrected chi connectivity index (χ1v) is 8.41. The Balaban J connectivity index is 1.64. The predicted octanol–water partition coefficient (Wildman–Crippen LogP) is 3.30. The van der Waals surface area contributed by atoms with Crippen LogP contribution in [0.4, 0.5) is 11.4 Å². The van der Waals surface area contributed by atoms with Gasteiger partial charge in [0.25, 0.3) is 11.6 Å². The molecule has 25 heavy (non-hydrogen) atoms. The number of nitrogens with one attached hydrogen (secondary N) is 1. The Bertz CT molecular complexity index is 769. The Morgan fingerprint density at radius 2 is 1.80 bits per heavy atom. The van der Waals surface area contributed by atoms with Gasteiger partial charge in [-0.1, -0.05) is 30.3 Å². The van der Waals surface area contributed by atoms with Crippen LogP contribution in [0.1, 0.15) is 28.8 Å². The van der Waals surface area contributed by atoms with Crippen LogP contribution < -0.4 is 10.2 Å². The number of nitrogens with zero attached hydrogens (tertiary/aromatic N) is 2. The van der Waals surface area contributed by atoms with E-state index in [0.29, 0.717) is 5.56 Å². The van der Waals surface area contributed by atoms with Gasteiger partial charge >= 0.3 is 0 Å². The second-order valence-electron chi connectivity index (χ2n) is 6.30. The molecule has 0 bridgehead atoms. The number of amides is 1. The van der Waals surface area contributed by atoms with Gasteiger partial charge in [0.1, 0.15) is 5.56 Å². The zero-order valence-corrected chi connectivity index (χ0v) is 14.1. The predicted molar refractivity (Wildman–Crippen MR) is 97.0 cm³/mol. The second-order valence-corrected chi connectivity index (χ2v) is 6.30. The molecular formula is C19H21N3O3. The van der Waals surface area contributed by atoms with Crippen LogP contribution in [0.15, 0.2) is 48.5 Å². The van der Waals surface area contributed by atoms with Crippen LogP contribution in [-0.2, 0) is 0 Å². The fourth-order valence-electron chi connectivity index (χ4n) is 3.27. The Morgan fingerprint density at radius 1 is 1.12 bits per heavy atom. The highest BCUT2D eigenvalue weighted by Crippen LogP contribution is 2.24. The van der Waals surface area contributed by atoms with Crippen molar-refractivity contribution in [2.75, 3.05) is 18.0 Å². The summed E-state index contributed by atoms with van der Waals surface area (Å²) < 4.78 is 0. The van der Waals surface area contributed by atoms with E-state index in [2.05, 4.69) is 22.3 Å². The molecule has 0 spiro atoms. The number of carbonyl (C=O) groups is 1. The van der Waals surface area contributed by atoms with E-state index in [1.54, 1.807) is 19.1 Å². The maximum absolute atomic E-state index is 12.5. The SMILES string of the molecule is Cc1cccc(C(=O)NC2CCN(c3ccccc3)CC2)c1[N+](=O)[O-]. The van der Waals surface area contributed by atoms with Crippen molar-refractivity contribution in [1.29, 1.82) is 0 Å². The number of hydrogen-bond donors (Lipinski definition) is 1. The summed E-state index contributed by atoms with van der Waals surface area (Å²) in [5.41, 5.74) is 1.70. The van der Waals surface area contributed by atoms with Crippen molar-refractivity contribution in [3.63, 3.8) is 0 Å². The molecule has 2 aromatic rings. The fraction of sp³-hybridized carbons (Fsp3) is 0.316. The van der Waals surface area contributed by atoms with Crippen LogP contribution >= 0.6 is 0 Å². The first kappa shape index (κ1) is 17.0. The van der Waals surface area contributed by atoms with E-state index in [9.17, 15) is 14.9 Å². The monoisotopic (exact) mass is 339 g/mol. The van der Waals surface area contributed by atoms with Gasteiger partial charge in [0, 0.05) is 30.4 Å². The molecule has 3 rings (SSSR count). The van der Waals surface area contributed by atoms with E-state index >= 15 is 0 Å². The number of hydrogen-bond acceptors (Lipinski definition) is 4. The summed E-state index contributed by atoms with van der Waals surface area (Å²) in [6.45, 7) is 3.35. The standard InChI is InChI=1S/C19H21N3O3/c1-14-6-5-9-17(18(14)22(24)25)19(23)20-15-10-12-21(13-11-15)16-7-3-2-4-8-16/h2-9,15H,10-13H2,1H3,(H,20,23). The van der Waals surface area contributed by atoms with Crippen molar-refractivity contribution in [3.05, 3.63) is 69.8 Å². The topological polar surface area (TPSA) is 75.5 Å². The third-order valence-corrected chi connectivity index (χ3v) is 4.62. The van der Waals surface area contributed by atoms with Crippen molar-refractivity contribution in [3.8, 4) is 0 Å². The van der Waals surface area contributed by atoms with Crippen LogP contribution in [0.5, 0.6) is 0 Å². The summed E-state index contributed by atoms with van der Waals surface area (Å²) in [5, 5.41) is 14.2. The molecule has 0 unspecified atom stereocenters. The number of anilines is 1. The number of nitro groups is 1. The van der Waals surface area contributed by atoms with Crippen LogP contribution in [0.2, 0.25) is 0 Å². The lowest BCUT2D eigenvalue weighted by Gasteiger charge is -2.34. The molecular weight excluding hydrogens is 318 g/mol. The van der Waals surface area contributed by atoms with Crippen LogP contribution in [0.25, 0.3) is 0 Å². The van der Waals surface area contributed by atoms with Gasteiger partial charge in [0.15, 0.2) is 0 Å². The Hall–Kier alpha value is -2.89. The molecule has 1 heterocycles. The highest BCUT2D eigenvalue weighted by molar-refractivity contribution is 5.98. The molecule has 1 aliphatic rings. The lowest BCUT2D eigenvalue weighted by atomic mass is 10.0. The Kier molecular flexibility index (Phi) is 4.97. The van der Waals surface area contributed by atoms with Crippen molar-refractivity contribution >= 4 is 17.3 Å². The molecule has 0 saturated carbocycles. The number of piperidine rings is 1. The lowest BCUT2D eigenvalue weighted by molar-refractivity contribution is -0.385. The normalized spacial score (nSPS) is 15.0. The molecule has 1 aliphatic heterocycles. The Morgan fingerprint density at radius 3 is 2.44 bits per heavy atom. The number of nitro benzene ring substituents is 1.